The average Bonchev–Trinajstić information content (AvgIpc) is 2.54. The van der Waals surface area contributed by atoms with Crippen LogP contribution in [0.2, 0.25) is 0 Å². The summed E-state index contributed by atoms with van der Waals surface area (Å²) in [5, 5.41) is 8.39. The minimum atomic E-state index is -3.35. The number of rotatable bonds is 5. The number of sulfone groups is 1. The topological polar surface area (TPSA) is 74.7 Å². The normalized spacial score (nSPS) is 17.9. The van der Waals surface area contributed by atoms with Crippen molar-refractivity contribution < 1.29 is 18.3 Å². The molecule has 1 aliphatic heterocycles. The van der Waals surface area contributed by atoms with Gasteiger partial charge in [0, 0.05) is 13.1 Å². The number of piperidine rings is 1. The number of phenols is 1. The number of carbonyl (C=O) groups is 1. The summed E-state index contributed by atoms with van der Waals surface area (Å²) in [5.41, 5.74) is 1.15. The molecule has 1 amide bonds. The Balaban J connectivity index is 1.96. The highest BCUT2D eigenvalue weighted by Crippen LogP contribution is 2.29. The number of carbonyl (C=O) groups excluding carboxylic acids is 1. The summed E-state index contributed by atoms with van der Waals surface area (Å²) < 4.78 is 24.1. The van der Waals surface area contributed by atoms with Gasteiger partial charge in [-0.1, -0.05) is 19.1 Å². The first-order valence-corrected chi connectivity index (χ1v) is 9.86. The molecule has 2 rings (SSSR count). The van der Waals surface area contributed by atoms with Crippen molar-refractivity contribution in [3.8, 4) is 5.75 Å². The maximum atomic E-state index is 12.4. The van der Waals surface area contributed by atoms with E-state index in [2.05, 4.69) is 0 Å². The molecule has 1 unspecified atom stereocenters. The number of hydrogen-bond donors (Lipinski definition) is 1. The number of benzene rings is 1. The zero-order chi connectivity index (χ0) is 17.0. The largest absolute Gasteiger partial charge is 0.508 e. The molecule has 1 atom stereocenters. The SMILES string of the molecule is CCCS(=O)(=O)C(C)C(=O)N1CCC(c2ccc(O)cc2)CC1. The summed E-state index contributed by atoms with van der Waals surface area (Å²) in [7, 11) is -3.35. The second-order valence-corrected chi connectivity index (χ2v) is 8.64. The fourth-order valence-electron chi connectivity index (χ4n) is 3.05. The third kappa shape index (κ3) is 4.25. The second kappa shape index (κ2) is 7.34. The van der Waals surface area contributed by atoms with Gasteiger partial charge in [-0.2, -0.15) is 0 Å². The first kappa shape index (κ1) is 17.8. The number of likely N-dealkylation sites (tertiary alicyclic amines) is 1. The second-order valence-electron chi connectivity index (χ2n) is 6.20. The van der Waals surface area contributed by atoms with Crippen molar-refractivity contribution in [1.29, 1.82) is 0 Å². The van der Waals surface area contributed by atoms with E-state index in [0.717, 1.165) is 18.4 Å². The Morgan fingerprint density at radius 2 is 1.83 bits per heavy atom. The van der Waals surface area contributed by atoms with Gasteiger partial charge in [0.2, 0.25) is 5.91 Å². The van der Waals surface area contributed by atoms with Gasteiger partial charge in [-0.15, -0.1) is 0 Å². The van der Waals surface area contributed by atoms with Crippen LogP contribution in [-0.4, -0.2) is 48.4 Å². The van der Waals surface area contributed by atoms with Crippen molar-refractivity contribution in [3.05, 3.63) is 29.8 Å². The van der Waals surface area contributed by atoms with Crippen molar-refractivity contribution in [2.24, 2.45) is 0 Å². The molecule has 0 bridgehead atoms. The van der Waals surface area contributed by atoms with E-state index in [9.17, 15) is 18.3 Å². The van der Waals surface area contributed by atoms with E-state index >= 15 is 0 Å². The lowest BCUT2D eigenvalue weighted by atomic mass is 9.89. The molecule has 0 spiro atoms. The summed E-state index contributed by atoms with van der Waals surface area (Å²) >= 11 is 0. The van der Waals surface area contributed by atoms with E-state index in [4.69, 9.17) is 0 Å². The van der Waals surface area contributed by atoms with Crippen LogP contribution in [0.25, 0.3) is 0 Å². The lowest BCUT2D eigenvalue weighted by molar-refractivity contribution is -0.131. The van der Waals surface area contributed by atoms with Crippen LogP contribution < -0.4 is 0 Å². The molecule has 1 aromatic carbocycles. The monoisotopic (exact) mass is 339 g/mol. The Labute approximate surface area is 138 Å². The molecule has 1 fully saturated rings. The number of hydrogen-bond acceptors (Lipinski definition) is 4. The van der Waals surface area contributed by atoms with E-state index < -0.39 is 15.1 Å². The Hall–Kier alpha value is -1.56. The summed E-state index contributed by atoms with van der Waals surface area (Å²) in [6.45, 7) is 4.46. The van der Waals surface area contributed by atoms with E-state index in [1.165, 1.54) is 6.92 Å². The smallest absolute Gasteiger partial charge is 0.240 e. The highest BCUT2D eigenvalue weighted by molar-refractivity contribution is 7.92. The number of phenolic OH excluding ortho intramolecular Hbond substituents is 1. The van der Waals surface area contributed by atoms with Crippen LogP contribution in [0.3, 0.4) is 0 Å². The Morgan fingerprint density at radius 1 is 1.26 bits per heavy atom. The Bertz CT molecular complexity index is 631. The van der Waals surface area contributed by atoms with Gasteiger partial charge in [0.15, 0.2) is 9.84 Å². The average molecular weight is 339 g/mol. The Morgan fingerprint density at radius 3 is 2.35 bits per heavy atom. The fourth-order valence-corrected chi connectivity index (χ4v) is 4.43. The third-order valence-corrected chi connectivity index (χ3v) is 6.80. The predicted octanol–water partition coefficient (Wildman–Crippen LogP) is 2.31. The minimum Gasteiger partial charge on any atom is -0.508 e. The first-order valence-electron chi connectivity index (χ1n) is 8.14. The van der Waals surface area contributed by atoms with Crippen LogP contribution in [0.15, 0.2) is 24.3 Å². The van der Waals surface area contributed by atoms with Crippen LogP contribution >= 0.6 is 0 Å². The minimum absolute atomic E-state index is 0.0594. The molecule has 1 saturated heterocycles. The van der Waals surface area contributed by atoms with Gasteiger partial charge in [-0.3, -0.25) is 4.79 Å². The summed E-state index contributed by atoms with van der Waals surface area (Å²) in [6, 6.07) is 7.16. The molecule has 6 heteroatoms. The standard InChI is InChI=1S/C17H25NO4S/c1-3-12-23(21,22)13(2)17(20)18-10-8-15(9-11-18)14-4-6-16(19)7-5-14/h4-7,13,15,19H,3,8-12H2,1-2H3. The van der Waals surface area contributed by atoms with E-state index in [-0.39, 0.29) is 17.4 Å². The molecule has 0 radical (unpaired) electrons. The Kier molecular flexibility index (Phi) is 5.68. The van der Waals surface area contributed by atoms with Crippen molar-refractivity contribution >= 4 is 15.7 Å². The van der Waals surface area contributed by atoms with Crippen LogP contribution in [-0.2, 0) is 14.6 Å². The van der Waals surface area contributed by atoms with Crippen LogP contribution in [0.1, 0.15) is 44.6 Å². The fraction of sp³-hybridized carbons (Fsp3) is 0.588. The van der Waals surface area contributed by atoms with Gasteiger partial charge in [0.25, 0.3) is 0 Å². The lowest BCUT2D eigenvalue weighted by Gasteiger charge is -2.33. The molecule has 0 aliphatic carbocycles. The van der Waals surface area contributed by atoms with Gasteiger partial charge in [0.05, 0.1) is 5.75 Å². The van der Waals surface area contributed by atoms with E-state index in [1.54, 1.807) is 24.0 Å². The number of amides is 1. The third-order valence-electron chi connectivity index (χ3n) is 4.55. The van der Waals surface area contributed by atoms with Gasteiger partial charge in [-0.05, 0) is 49.8 Å². The van der Waals surface area contributed by atoms with Crippen molar-refractivity contribution in [2.75, 3.05) is 18.8 Å². The molecule has 0 aromatic heterocycles. The van der Waals surface area contributed by atoms with Gasteiger partial charge in [0.1, 0.15) is 11.0 Å². The highest BCUT2D eigenvalue weighted by atomic mass is 32.2. The van der Waals surface area contributed by atoms with Crippen molar-refractivity contribution in [3.63, 3.8) is 0 Å². The van der Waals surface area contributed by atoms with Crippen LogP contribution in [0, 0.1) is 0 Å². The molecule has 23 heavy (non-hydrogen) atoms. The van der Waals surface area contributed by atoms with Gasteiger partial charge < -0.3 is 10.0 Å². The first-order chi connectivity index (χ1) is 10.8. The maximum absolute atomic E-state index is 12.4. The quantitative estimate of drug-likeness (QED) is 0.893. The van der Waals surface area contributed by atoms with Gasteiger partial charge >= 0.3 is 0 Å². The van der Waals surface area contributed by atoms with Crippen LogP contribution in [0.4, 0.5) is 0 Å². The molecular formula is C17H25NO4S. The van der Waals surface area contributed by atoms with Crippen molar-refractivity contribution in [2.45, 2.75) is 44.3 Å². The predicted molar refractivity (Wildman–Crippen MR) is 90.2 cm³/mol. The molecule has 1 heterocycles. The molecule has 128 valence electrons. The number of aromatic hydroxyl groups is 1. The molecule has 0 saturated carbocycles. The lowest BCUT2D eigenvalue weighted by Crippen LogP contribution is -2.45. The molecule has 1 N–H and O–H groups in total. The van der Waals surface area contributed by atoms with Crippen LogP contribution in [0.5, 0.6) is 5.75 Å². The van der Waals surface area contributed by atoms with Crippen molar-refractivity contribution in [1.82, 2.24) is 4.90 Å². The zero-order valence-electron chi connectivity index (χ0n) is 13.7. The number of nitrogens with zero attached hydrogens (tertiary/aromatic N) is 1. The van der Waals surface area contributed by atoms with Gasteiger partial charge in [-0.25, -0.2) is 8.42 Å². The maximum Gasteiger partial charge on any atom is 0.240 e. The molecule has 1 aromatic rings. The molecule has 1 aliphatic rings. The summed E-state index contributed by atoms with van der Waals surface area (Å²) in [6.07, 6.45) is 2.16. The highest BCUT2D eigenvalue weighted by Gasteiger charge is 2.33. The zero-order valence-corrected chi connectivity index (χ0v) is 14.6. The summed E-state index contributed by atoms with van der Waals surface area (Å²) in [5.74, 6) is 0.380. The summed E-state index contributed by atoms with van der Waals surface area (Å²) in [4.78, 5) is 14.1. The van der Waals surface area contributed by atoms with E-state index in [0.29, 0.717) is 25.4 Å². The van der Waals surface area contributed by atoms with E-state index in [1.807, 2.05) is 12.1 Å². The molecule has 5 nitrogen and oxygen atoms in total. The molecular weight excluding hydrogens is 314 g/mol.